The molecule has 0 radical (unpaired) electrons. The van der Waals surface area contributed by atoms with Gasteiger partial charge in [0.05, 0.1) is 23.0 Å². The number of nitrogens with one attached hydrogen (secondary N) is 1. The van der Waals surface area contributed by atoms with Crippen molar-refractivity contribution in [3.8, 4) is 0 Å². The molecular weight excluding hydrogens is 420 g/mol. The van der Waals surface area contributed by atoms with E-state index >= 15 is 0 Å². The average Bonchev–Trinajstić information content (AvgIpc) is 3.28. The Kier molecular flexibility index (Phi) is 7.23. The number of rotatable bonds is 7. The van der Waals surface area contributed by atoms with Crippen LogP contribution in [0.15, 0.2) is 84.9 Å². The van der Waals surface area contributed by atoms with Crippen LogP contribution in [0.4, 0.5) is 0 Å². The van der Waals surface area contributed by atoms with E-state index in [2.05, 4.69) is 17.4 Å². The normalized spacial score (nSPS) is 16.5. The number of hydrogen-bond acceptors (Lipinski definition) is 2. The van der Waals surface area contributed by atoms with Crippen molar-refractivity contribution in [2.24, 2.45) is 0 Å². The maximum absolute atomic E-state index is 13.4. The second-order valence-corrected chi connectivity index (χ2v) is 8.60. The van der Waals surface area contributed by atoms with E-state index in [1.54, 1.807) is 24.3 Å². The van der Waals surface area contributed by atoms with E-state index in [0.29, 0.717) is 10.6 Å². The van der Waals surface area contributed by atoms with Crippen LogP contribution in [-0.2, 0) is 11.2 Å². The highest BCUT2D eigenvalue weighted by atomic mass is 35.5. The van der Waals surface area contributed by atoms with Gasteiger partial charge in [0.15, 0.2) is 0 Å². The summed E-state index contributed by atoms with van der Waals surface area (Å²) in [6.07, 6.45) is 3.08. The molecule has 3 aromatic carbocycles. The summed E-state index contributed by atoms with van der Waals surface area (Å²) >= 11 is 6.22. The van der Waals surface area contributed by atoms with Crippen molar-refractivity contribution in [2.45, 2.75) is 37.8 Å². The van der Waals surface area contributed by atoms with E-state index in [9.17, 15) is 9.59 Å². The Morgan fingerprint density at radius 2 is 1.59 bits per heavy atom. The fourth-order valence-electron chi connectivity index (χ4n) is 4.37. The smallest absolute Gasteiger partial charge is 0.253 e. The van der Waals surface area contributed by atoms with Gasteiger partial charge in [0.1, 0.15) is 0 Å². The highest BCUT2D eigenvalue weighted by Crippen LogP contribution is 2.26. The molecule has 2 amide bonds. The van der Waals surface area contributed by atoms with E-state index in [0.717, 1.165) is 31.4 Å². The first-order valence-corrected chi connectivity index (χ1v) is 11.4. The Morgan fingerprint density at radius 3 is 2.31 bits per heavy atom. The molecule has 1 aliphatic heterocycles. The van der Waals surface area contributed by atoms with Crippen molar-refractivity contribution >= 4 is 23.4 Å². The third kappa shape index (κ3) is 5.38. The molecule has 1 N–H and O–H groups in total. The Morgan fingerprint density at radius 1 is 0.938 bits per heavy atom. The number of carbonyl (C=O) groups excluding carboxylic acids is 2. The van der Waals surface area contributed by atoms with Gasteiger partial charge in [0.2, 0.25) is 5.91 Å². The van der Waals surface area contributed by atoms with E-state index in [1.807, 2.05) is 53.4 Å². The number of benzene rings is 3. The first-order chi connectivity index (χ1) is 15.6. The van der Waals surface area contributed by atoms with Crippen LogP contribution >= 0.6 is 11.6 Å². The molecule has 4 nitrogen and oxygen atoms in total. The molecule has 1 heterocycles. The van der Waals surface area contributed by atoms with Crippen molar-refractivity contribution < 1.29 is 9.59 Å². The van der Waals surface area contributed by atoms with Gasteiger partial charge in [-0.15, -0.1) is 0 Å². The van der Waals surface area contributed by atoms with Crippen molar-refractivity contribution in [2.75, 3.05) is 6.54 Å². The van der Waals surface area contributed by atoms with Gasteiger partial charge in [-0.1, -0.05) is 84.4 Å². The van der Waals surface area contributed by atoms with Gasteiger partial charge in [-0.05, 0) is 42.5 Å². The number of likely N-dealkylation sites (tertiary alicyclic amines) is 1. The van der Waals surface area contributed by atoms with Crippen LogP contribution in [0.2, 0.25) is 5.02 Å². The maximum atomic E-state index is 13.4. The third-order valence-electron chi connectivity index (χ3n) is 6.02. The maximum Gasteiger partial charge on any atom is 0.253 e. The van der Waals surface area contributed by atoms with Crippen LogP contribution in [0.25, 0.3) is 0 Å². The van der Waals surface area contributed by atoms with Crippen molar-refractivity contribution in [3.63, 3.8) is 0 Å². The second kappa shape index (κ2) is 10.5. The zero-order valence-electron chi connectivity index (χ0n) is 17.9. The van der Waals surface area contributed by atoms with Gasteiger partial charge in [0, 0.05) is 12.6 Å². The van der Waals surface area contributed by atoms with Crippen LogP contribution in [-0.4, -0.2) is 29.3 Å². The van der Waals surface area contributed by atoms with Gasteiger partial charge in [0.25, 0.3) is 5.91 Å². The lowest BCUT2D eigenvalue weighted by atomic mass is 10.0. The van der Waals surface area contributed by atoms with Crippen molar-refractivity contribution in [1.82, 2.24) is 10.2 Å². The Bertz CT molecular complexity index is 1060. The molecule has 2 atom stereocenters. The van der Waals surface area contributed by atoms with E-state index < -0.39 is 6.04 Å². The predicted octanol–water partition coefficient (Wildman–Crippen LogP) is 5.43. The third-order valence-corrected chi connectivity index (χ3v) is 6.35. The summed E-state index contributed by atoms with van der Waals surface area (Å²) in [4.78, 5) is 28.3. The highest BCUT2D eigenvalue weighted by molar-refractivity contribution is 6.33. The Labute approximate surface area is 194 Å². The fourth-order valence-corrected chi connectivity index (χ4v) is 4.59. The summed E-state index contributed by atoms with van der Waals surface area (Å²) in [5.74, 6) is -0.212. The average molecular weight is 447 g/mol. The van der Waals surface area contributed by atoms with Gasteiger partial charge < -0.3 is 10.2 Å². The van der Waals surface area contributed by atoms with Gasteiger partial charge in [-0.2, -0.15) is 0 Å². The molecule has 1 aliphatic rings. The van der Waals surface area contributed by atoms with E-state index in [-0.39, 0.29) is 24.3 Å². The summed E-state index contributed by atoms with van der Waals surface area (Å²) in [7, 11) is 0. The predicted molar refractivity (Wildman–Crippen MR) is 128 cm³/mol. The van der Waals surface area contributed by atoms with Gasteiger partial charge >= 0.3 is 0 Å². The Hall–Kier alpha value is -3.11. The molecule has 0 aliphatic carbocycles. The largest absolute Gasteiger partial charge is 0.345 e. The quantitative estimate of drug-likeness (QED) is 0.525. The molecule has 4 rings (SSSR count). The minimum absolute atomic E-state index is 0.0664. The number of amides is 2. The van der Waals surface area contributed by atoms with Crippen LogP contribution in [0, 0.1) is 0 Å². The van der Waals surface area contributed by atoms with Crippen LogP contribution in [0.1, 0.15) is 46.8 Å². The summed E-state index contributed by atoms with van der Waals surface area (Å²) in [5, 5.41) is 3.43. The molecule has 0 bridgehead atoms. The minimum Gasteiger partial charge on any atom is -0.345 e. The van der Waals surface area contributed by atoms with E-state index in [4.69, 9.17) is 11.6 Å². The number of halogens is 1. The van der Waals surface area contributed by atoms with Crippen LogP contribution in [0.5, 0.6) is 0 Å². The van der Waals surface area contributed by atoms with E-state index in [1.165, 1.54) is 5.56 Å². The van der Waals surface area contributed by atoms with Crippen LogP contribution < -0.4 is 5.32 Å². The minimum atomic E-state index is -0.426. The molecule has 5 heteroatoms. The van der Waals surface area contributed by atoms with Gasteiger partial charge in [-0.3, -0.25) is 9.59 Å². The molecule has 32 heavy (non-hydrogen) atoms. The molecule has 0 spiro atoms. The SMILES string of the molecule is O=C(NC(CC(=O)N1CCCC1Cc1ccccc1)c1ccccc1)c1ccccc1Cl. The lowest BCUT2D eigenvalue weighted by Crippen LogP contribution is -2.40. The molecular formula is C27H27ClN2O2. The lowest BCUT2D eigenvalue weighted by molar-refractivity contribution is -0.132. The summed E-state index contributed by atoms with van der Waals surface area (Å²) in [5.41, 5.74) is 2.55. The Balaban J connectivity index is 1.50. The number of hydrogen-bond donors (Lipinski definition) is 1. The molecule has 0 aromatic heterocycles. The fraction of sp³-hybridized carbons (Fsp3) is 0.259. The topological polar surface area (TPSA) is 49.4 Å². The highest BCUT2D eigenvalue weighted by Gasteiger charge is 2.31. The van der Waals surface area contributed by atoms with Crippen molar-refractivity contribution in [3.05, 3.63) is 107 Å². The van der Waals surface area contributed by atoms with Crippen molar-refractivity contribution in [1.29, 1.82) is 0 Å². The second-order valence-electron chi connectivity index (χ2n) is 8.19. The number of nitrogens with zero attached hydrogens (tertiary/aromatic N) is 1. The summed E-state index contributed by atoms with van der Waals surface area (Å²) < 4.78 is 0. The molecule has 1 saturated heterocycles. The molecule has 164 valence electrons. The first-order valence-electron chi connectivity index (χ1n) is 11.1. The lowest BCUT2D eigenvalue weighted by Gasteiger charge is -2.28. The molecule has 0 saturated carbocycles. The molecule has 1 fully saturated rings. The standard InChI is InChI=1S/C27H27ClN2O2/c28-24-16-8-7-15-23(24)27(32)29-25(21-12-5-2-6-13-21)19-26(31)30-17-9-14-22(30)18-20-10-3-1-4-11-20/h1-8,10-13,15-16,22,25H,9,14,17-19H2,(H,29,32). The molecule has 3 aromatic rings. The summed E-state index contributed by atoms with van der Waals surface area (Å²) in [6.45, 7) is 0.760. The zero-order valence-corrected chi connectivity index (χ0v) is 18.7. The monoisotopic (exact) mass is 446 g/mol. The summed E-state index contributed by atoms with van der Waals surface area (Å²) in [6, 6.07) is 26.7. The zero-order chi connectivity index (χ0) is 22.3. The van der Waals surface area contributed by atoms with Gasteiger partial charge in [-0.25, -0.2) is 0 Å². The van der Waals surface area contributed by atoms with Crippen LogP contribution in [0.3, 0.4) is 0 Å². The first kappa shape index (κ1) is 22.1. The molecule has 2 unspecified atom stereocenters. The number of carbonyl (C=O) groups is 2.